The van der Waals surface area contributed by atoms with Gasteiger partial charge in [-0.25, -0.2) is 4.79 Å². The summed E-state index contributed by atoms with van der Waals surface area (Å²) in [5.74, 6) is -0.732. The smallest absolute Gasteiger partial charge is 0.333 e. The van der Waals surface area contributed by atoms with Crippen LogP contribution in [0.3, 0.4) is 0 Å². The molecule has 0 amide bonds. The number of nitro groups is 2. The van der Waals surface area contributed by atoms with Crippen molar-refractivity contribution in [1.82, 2.24) is 0 Å². The van der Waals surface area contributed by atoms with Gasteiger partial charge in [0.1, 0.15) is 11.4 Å². The molecule has 3 N–H and O–H groups in total. The Hall–Kier alpha value is -3.69. The third-order valence-corrected chi connectivity index (χ3v) is 3.51. The Bertz CT molecular complexity index is 854. The van der Waals surface area contributed by atoms with Crippen molar-refractivity contribution < 1.29 is 19.4 Å². The molecule has 0 radical (unpaired) electrons. The van der Waals surface area contributed by atoms with E-state index in [0.717, 1.165) is 6.07 Å². The number of nitrogen functional groups attached to an aromatic ring is 1. The molecular formula is C16H16N4O6. The minimum Gasteiger partial charge on any atom is -0.464 e. The van der Waals surface area contributed by atoms with Gasteiger partial charge in [-0.1, -0.05) is 18.2 Å². The molecule has 10 nitrogen and oxygen atoms in total. The summed E-state index contributed by atoms with van der Waals surface area (Å²) in [4.78, 5) is 33.3. The average molecular weight is 360 g/mol. The largest absolute Gasteiger partial charge is 0.464 e. The highest BCUT2D eigenvalue weighted by molar-refractivity contribution is 5.83. The number of esters is 1. The Morgan fingerprint density at radius 2 is 1.81 bits per heavy atom. The molecule has 2 aromatic rings. The SMILES string of the molecule is CCOC(=O)C(Nc1ccccc1[N+](=O)[O-])c1ccc(N)c([N+](=O)[O-])c1. The van der Waals surface area contributed by atoms with Crippen LogP contribution < -0.4 is 11.1 Å². The minimum absolute atomic E-state index is 0.0629. The third-order valence-electron chi connectivity index (χ3n) is 3.51. The van der Waals surface area contributed by atoms with Crippen molar-refractivity contribution >= 4 is 28.7 Å². The molecule has 0 saturated heterocycles. The van der Waals surface area contributed by atoms with E-state index in [1.54, 1.807) is 13.0 Å². The van der Waals surface area contributed by atoms with Gasteiger partial charge >= 0.3 is 5.97 Å². The molecular weight excluding hydrogens is 344 g/mol. The summed E-state index contributed by atoms with van der Waals surface area (Å²) < 4.78 is 4.99. The van der Waals surface area contributed by atoms with Crippen LogP contribution in [0.2, 0.25) is 0 Å². The van der Waals surface area contributed by atoms with Gasteiger partial charge in [0.15, 0.2) is 6.04 Å². The number of carbonyl (C=O) groups excluding carboxylic acids is 1. The van der Waals surface area contributed by atoms with Gasteiger partial charge in [0.2, 0.25) is 0 Å². The maximum Gasteiger partial charge on any atom is 0.333 e. The standard InChI is InChI=1S/C16H16N4O6/c1-2-26-16(21)15(10-7-8-11(17)14(9-10)20(24)25)18-12-5-3-4-6-13(12)19(22)23/h3-9,15,18H,2,17H2,1H3. The van der Waals surface area contributed by atoms with E-state index in [1.807, 2.05) is 0 Å². The van der Waals surface area contributed by atoms with Crippen LogP contribution >= 0.6 is 0 Å². The van der Waals surface area contributed by atoms with Crippen LogP contribution in [-0.2, 0) is 9.53 Å². The highest BCUT2D eigenvalue weighted by Gasteiger charge is 2.27. The van der Waals surface area contributed by atoms with Crippen molar-refractivity contribution in [3.63, 3.8) is 0 Å². The van der Waals surface area contributed by atoms with Crippen molar-refractivity contribution in [1.29, 1.82) is 0 Å². The zero-order valence-corrected chi connectivity index (χ0v) is 13.7. The van der Waals surface area contributed by atoms with Crippen molar-refractivity contribution in [3.05, 3.63) is 68.3 Å². The molecule has 2 aromatic carbocycles. The van der Waals surface area contributed by atoms with E-state index in [-0.39, 0.29) is 34.9 Å². The first-order valence-electron chi connectivity index (χ1n) is 7.55. The number of anilines is 2. The van der Waals surface area contributed by atoms with Gasteiger partial charge in [-0.3, -0.25) is 20.2 Å². The number of nitrogens with zero attached hydrogens (tertiary/aromatic N) is 2. The number of benzene rings is 2. The van der Waals surface area contributed by atoms with E-state index in [1.165, 1.54) is 30.3 Å². The van der Waals surface area contributed by atoms with Crippen molar-refractivity contribution in [2.45, 2.75) is 13.0 Å². The average Bonchev–Trinajstić information content (AvgIpc) is 2.60. The van der Waals surface area contributed by atoms with Crippen LogP contribution in [0.25, 0.3) is 0 Å². The molecule has 136 valence electrons. The maximum absolute atomic E-state index is 12.3. The predicted octanol–water partition coefficient (Wildman–Crippen LogP) is 2.80. The summed E-state index contributed by atoms with van der Waals surface area (Å²) in [6.45, 7) is 1.68. The highest BCUT2D eigenvalue weighted by atomic mass is 16.6. The van der Waals surface area contributed by atoms with Crippen molar-refractivity contribution in [3.8, 4) is 0 Å². The lowest BCUT2D eigenvalue weighted by Gasteiger charge is -2.19. The van der Waals surface area contributed by atoms with E-state index >= 15 is 0 Å². The molecule has 0 heterocycles. The first-order valence-corrected chi connectivity index (χ1v) is 7.55. The summed E-state index contributed by atoms with van der Waals surface area (Å²) >= 11 is 0. The van der Waals surface area contributed by atoms with Crippen LogP contribution in [0.15, 0.2) is 42.5 Å². The van der Waals surface area contributed by atoms with Crippen LogP contribution in [-0.4, -0.2) is 22.4 Å². The quantitative estimate of drug-likeness (QED) is 0.331. The van der Waals surface area contributed by atoms with E-state index in [0.29, 0.717) is 0 Å². The second kappa shape index (κ2) is 7.92. The number of nitro benzene ring substituents is 2. The molecule has 0 spiro atoms. The summed E-state index contributed by atoms with van der Waals surface area (Å²) in [7, 11) is 0. The number of hydrogen-bond acceptors (Lipinski definition) is 8. The normalized spacial score (nSPS) is 11.4. The third kappa shape index (κ3) is 4.04. The summed E-state index contributed by atoms with van der Waals surface area (Å²) in [6.07, 6.45) is 0. The number of para-hydroxylation sites is 2. The number of hydrogen-bond donors (Lipinski definition) is 2. The van der Waals surface area contributed by atoms with Gasteiger partial charge in [-0.2, -0.15) is 0 Å². The molecule has 10 heteroatoms. The fourth-order valence-corrected chi connectivity index (χ4v) is 2.31. The molecule has 0 aliphatic heterocycles. The van der Waals surface area contributed by atoms with Gasteiger partial charge in [0.05, 0.1) is 16.5 Å². The monoisotopic (exact) mass is 360 g/mol. The fourth-order valence-electron chi connectivity index (χ4n) is 2.31. The summed E-state index contributed by atoms with van der Waals surface area (Å²) in [5, 5.41) is 25.0. The maximum atomic E-state index is 12.3. The highest BCUT2D eigenvalue weighted by Crippen LogP contribution is 2.31. The van der Waals surface area contributed by atoms with Crippen LogP contribution in [0.4, 0.5) is 22.7 Å². The molecule has 26 heavy (non-hydrogen) atoms. The number of rotatable bonds is 7. The van der Waals surface area contributed by atoms with Crippen molar-refractivity contribution in [2.75, 3.05) is 17.7 Å². The zero-order chi connectivity index (χ0) is 19.3. The van der Waals surface area contributed by atoms with Crippen LogP contribution in [0.1, 0.15) is 18.5 Å². The number of ether oxygens (including phenoxy) is 1. The molecule has 0 aromatic heterocycles. The Kier molecular flexibility index (Phi) is 5.68. The molecule has 1 atom stereocenters. The van der Waals surface area contributed by atoms with E-state index in [2.05, 4.69) is 5.32 Å². The number of nitrogens with one attached hydrogen (secondary N) is 1. The van der Waals surface area contributed by atoms with Crippen molar-refractivity contribution in [2.24, 2.45) is 0 Å². The van der Waals surface area contributed by atoms with Gasteiger partial charge < -0.3 is 15.8 Å². The zero-order valence-electron chi connectivity index (χ0n) is 13.7. The second-order valence-electron chi connectivity index (χ2n) is 5.18. The molecule has 2 rings (SSSR count). The Labute approximate surface area is 147 Å². The van der Waals surface area contributed by atoms with Crippen LogP contribution in [0.5, 0.6) is 0 Å². The molecule has 0 aliphatic rings. The van der Waals surface area contributed by atoms with Gasteiger partial charge in [0, 0.05) is 12.1 Å². The topological polar surface area (TPSA) is 151 Å². The minimum atomic E-state index is -1.18. The number of nitrogens with two attached hydrogens (primary N) is 1. The predicted molar refractivity (Wildman–Crippen MR) is 93.6 cm³/mol. The number of carbonyl (C=O) groups is 1. The Morgan fingerprint density at radius 1 is 1.15 bits per heavy atom. The molecule has 1 unspecified atom stereocenters. The fraction of sp³-hybridized carbons (Fsp3) is 0.188. The van der Waals surface area contributed by atoms with Gasteiger partial charge in [-0.05, 0) is 24.6 Å². The molecule has 0 fully saturated rings. The van der Waals surface area contributed by atoms with E-state index in [4.69, 9.17) is 10.5 Å². The Morgan fingerprint density at radius 3 is 2.42 bits per heavy atom. The molecule has 0 saturated carbocycles. The Balaban J connectivity index is 2.49. The summed E-state index contributed by atoms with van der Waals surface area (Å²) in [6, 6.07) is 8.41. The summed E-state index contributed by atoms with van der Waals surface area (Å²) in [5.41, 5.74) is 5.17. The lowest BCUT2D eigenvalue weighted by Crippen LogP contribution is -2.24. The molecule has 0 aliphatic carbocycles. The first kappa shape index (κ1) is 18.6. The van der Waals surface area contributed by atoms with Gasteiger partial charge in [-0.15, -0.1) is 0 Å². The van der Waals surface area contributed by atoms with E-state index in [9.17, 15) is 25.0 Å². The first-order chi connectivity index (χ1) is 12.3. The second-order valence-corrected chi connectivity index (χ2v) is 5.18. The van der Waals surface area contributed by atoms with Crippen LogP contribution in [0, 0.1) is 20.2 Å². The lowest BCUT2D eigenvalue weighted by molar-refractivity contribution is -0.384. The molecule has 0 bridgehead atoms. The van der Waals surface area contributed by atoms with E-state index < -0.39 is 21.9 Å². The lowest BCUT2D eigenvalue weighted by atomic mass is 10.0. The van der Waals surface area contributed by atoms with Gasteiger partial charge in [0.25, 0.3) is 11.4 Å².